The average Bonchev–Trinajstić information content (AvgIpc) is 3.30. The predicted molar refractivity (Wildman–Crippen MR) is 83.1 cm³/mol. The van der Waals surface area contributed by atoms with Gasteiger partial charge in [0.15, 0.2) is 0 Å². The molecule has 20 heavy (non-hydrogen) atoms. The van der Waals surface area contributed by atoms with Crippen molar-refractivity contribution in [1.29, 1.82) is 0 Å². The monoisotopic (exact) mass is 274 g/mol. The molecule has 0 atom stereocenters. The van der Waals surface area contributed by atoms with Gasteiger partial charge in [0, 0.05) is 32.0 Å². The molecule has 1 heterocycles. The van der Waals surface area contributed by atoms with Crippen LogP contribution in [-0.4, -0.2) is 26.3 Å². The molecule has 1 saturated carbocycles. The summed E-state index contributed by atoms with van der Waals surface area (Å²) in [6.45, 7) is 5.02. The highest BCUT2D eigenvalue weighted by atomic mass is 16.5. The lowest BCUT2D eigenvalue weighted by Gasteiger charge is -2.21. The minimum Gasteiger partial charge on any atom is -0.385 e. The Morgan fingerprint density at radius 1 is 1.30 bits per heavy atom. The molecule has 1 aliphatic carbocycles. The van der Waals surface area contributed by atoms with Crippen LogP contribution in [0.25, 0.3) is 0 Å². The fraction of sp³-hybridized carbons (Fsp3) is 0.647. The first kappa shape index (κ1) is 13.9. The van der Waals surface area contributed by atoms with Crippen molar-refractivity contribution in [2.24, 2.45) is 5.92 Å². The Morgan fingerprint density at radius 3 is 3.15 bits per heavy atom. The molecule has 0 spiro atoms. The Morgan fingerprint density at radius 2 is 2.25 bits per heavy atom. The Kier molecular flexibility index (Phi) is 4.93. The Labute approximate surface area is 122 Å². The van der Waals surface area contributed by atoms with Gasteiger partial charge in [0.25, 0.3) is 0 Å². The fourth-order valence-corrected chi connectivity index (χ4v) is 2.81. The van der Waals surface area contributed by atoms with Gasteiger partial charge in [-0.3, -0.25) is 0 Å². The maximum atomic E-state index is 5.65. The molecule has 1 fully saturated rings. The van der Waals surface area contributed by atoms with Gasteiger partial charge >= 0.3 is 0 Å². The van der Waals surface area contributed by atoms with Crippen LogP contribution in [0.5, 0.6) is 0 Å². The first-order valence-electron chi connectivity index (χ1n) is 8.06. The van der Waals surface area contributed by atoms with Crippen molar-refractivity contribution in [3.8, 4) is 0 Å². The molecule has 0 saturated heterocycles. The van der Waals surface area contributed by atoms with Crippen molar-refractivity contribution < 1.29 is 4.74 Å². The zero-order valence-corrected chi connectivity index (χ0v) is 12.3. The van der Waals surface area contributed by atoms with Crippen molar-refractivity contribution in [3.63, 3.8) is 0 Å². The molecule has 1 aromatic carbocycles. The standard InChI is InChI=1S/C17H26N2O/c1-4-15(16-5-2-10-19-17(16)6-1)12-18-9-3-11-20-13-14-7-8-14/h1,4,6,14,18-19H,2-3,5,7-13H2. The zero-order chi connectivity index (χ0) is 13.6. The van der Waals surface area contributed by atoms with E-state index < -0.39 is 0 Å². The third-order valence-corrected chi connectivity index (χ3v) is 4.20. The van der Waals surface area contributed by atoms with Crippen LogP contribution in [0.4, 0.5) is 5.69 Å². The first-order chi connectivity index (χ1) is 9.93. The number of benzene rings is 1. The summed E-state index contributed by atoms with van der Waals surface area (Å²) in [4.78, 5) is 0. The van der Waals surface area contributed by atoms with Gasteiger partial charge in [-0.25, -0.2) is 0 Å². The maximum absolute atomic E-state index is 5.65. The topological polar surface area (TPSA) is 33.3 Å². The van der Waals surface area contributed by atoms with E-state index in [2.05, 4.69) is 28.8 Å². The highest BCUT2D eigenvalue weighted by Gasteiger charge is 2.20. The summed E-state index contributed by atoms with van der Waals surface area (Å²) in [7, 11) is 0. The summed E-state index contributed by atoms with van der Waals surface area (Å²) in [5, 5.41) is 7.04. The molecule has 0 unspecified atom stereocenters. The number of anilines is 1. The normalized spacial score (nSPS) is 17.6. The highest BCUT2D eigenvalue weighted by Crippen LogP contribution is 2.28. The summed E-state index contributed by atoms with van der Waals surface area (Å²) < 4.78 is 5.65. The van der Waals surface area contributed by atoms with Crippen molar-refractivity contribution in [1.82, 2.24) is 5.32 Å². The predicted octanol–water partition coefficient (Wildman–Crippen LogP) is 2.95. The molecule has 2 N–H and O–H groups in total. The second-order valence-corrected chi connectivity index (χ2v) is 6.02. The summed E-state index contributed by atoms with van der Waals surface area (Å²) in [6, 6.07) is 6.61. The quantitative estimate of drug-likeness (QED) is 0.715. The molecule has 1 aromatic rings. The van der Waals surface area contributed by atoms with Gasteiger partial charge in [-0.05, 0) is 61.8 Å². The van der Waals surface area contributed by atoms with Crippen LogP contribution in [0, 0.1) is 5.92 Å². The average molecular weight is 274 g/mol. The van der Waals surface area contributed by atoms with Gasteiger partial charge < -0.3 is 15.4 Å². The number of hydrogen-bond acceptors (Lipinski definition) is 3. The van der Waals surface area contributed by atoms with E-state index in [1.165, 1.54) is 42.5 Å². The zero-order valence-electron chi connectivity index (χ0n) is 12.3. The second-order valence-electron chi connectivity index (χ2n) is 6.02. The summed E-state index contributed by atoms with van der Waals surface area (Å²) in [5.41, 5.74) is 4.30. The molecule has 2 aliphatic rings. The van der Waals surface area contributed by atoms with E-state index in [0.29, 0.717) is 0 Å². The van der Waals surface area contributed by atoms with Gasteiger partial charge in [-0.2, -0.15) is 0 Å². The van der Waals surface area contributed by atoms with Gasteiger partial charge in [-0.1, -0.05) is 12.1 Å². The number of rotatable bonds is 8. The minimum absolute atomic E-state index is 0.881. The van der Waals surface area contributed by atoms with Gasteiger partial charge in [0.1, 0.15) is 0 Å². The molecular weight excluding hydrogens is 248 g/mol. The molecule has 3 rings (SSSR count). The maximum Gasteiger partial charge on any atom is 0.0494 e. The molecule has 1 aliphatic heterocycles. The summed E-state index contributed by atoms with van der Waals surface area (Å²) in [5.74, 6) is 0.881. The number of fused-ring (bicyclic) bond motifs is 1. The van der Waals surface area contributed by atoms with Crippen LogP contribution in [0.1, 0.15) is 36.8 Å². The number of hydrogen-bond donors (Lipinski definition) is 2. The van der Waals surface area contributed by atoms with E-state index in [1.54, 1.807) is 0 Å². The lowest BCUT2D eigenvalue weighted by atomic mass is 9.97. The lowest BCUT2D eigenvalue weighted by molar-refractivity contribution is 0.122. The van der Waals surface area contributed by atoms with Crippen LogP contribution in [0.15, 0.2) is 18.2 Å². The van der Waals surface area contributed by atoms with Crippen LogP contribution in [0.2, 0.25) is 0 Å². The van der Waals surface area contributed by atoms with Crippen LogP contribution < -0.4 is 10.6 Å². The molecule has 0 aromatic heterocycles. The second kappa shape index (κ2) is 7.09. The third-order valence-electron chi connectivity index (χ3n) is 4.20. The van der Waals surface area contributed by atoms with Crippen LogP contribution in [-0.2, 0) is 17.7 Å². The van der Waals surface area contributed by atoms with E-state index in [0.717, 1.165) is 45.2 Å². The first-order valence-corrected chi connectivity index (χ1v) is 8.06. The molecule has 0 bridgehead atoms. The molecule has 3 nitrogen and oxygen atoms in total. The molecular formula is C17H26N2O. The van der Waals surface area contributed by atoms with Crippen molar-refractivity contribution in [2.75, 3.05) is 31.6 Å². The van der Waals surface area contributed by atoms with Gasteiger partial charge in [-0.15, -0.1) is 0 Å². The van der Waals surface area contributed by atoms with Gasteiger partial charge in [0.2, 0.25) is 0 Å². The van der Waals surface area contributed by atoms with E-state index in [-0.39, 0.29) is 0 Å². The SMILES string of the molecule is c1cc(CNCCCOCC2CC2)c2c(c1)NCCC2. The Bertz CT molecular complexity index is 429. The van der Waals surface area contributed by atoms with Crippen LogP contribution >= 0.6 is 0 Å². The van der Waals surface area contributed by atoms with E-state index in [9.17, 15) is 0 Å². The van der Waals surface area contributed by atoms with Gasteiger partial charge in [0.05, 0.1) is 0 Å². The number of ether oxygens (including phenoxy) is 1. The smallest absolute Gasteiger partial charge is 0.0494 e. The van der Waals surface area contributed by atoms with E-state index in [4.69, 9.17) is 4.74 Å². The summed E-state index contributed by atoms with van der Waals surface area (Å²) >= 11 is 0. The van der Waals surface area contributed by atoms with Crippen molar-refractivity contribution in [3.05, 3.63) is 29.3 Å². The van der Waals surface area contributed by atoms with E-state index >= 15 is 0 Å². The van der Waals surface area contributed by atoms with Crippen molar-refractivity contribution in [2.45, 2.75) is 38.6 Å². The largest absolute Gasteiger partial charge is 0.385 e. The molecule has 0 radical (unpaired) electrons. The Hall–Kier alpha value is -1.06. The Balaban J connectivity index is 1.35. The minimum atomic E-state index is 0.881. The third kappa shape index (κ3) is 3.97. The molecule has 3 heteroatoms. The molecule has 0 amide bonds. The fourth-order valence-electron chi connectivity index (χ4n) is 2.81. The molecule has 110 valence electrons. The lowest BCUT2D eigenvalue weighted by Crippen LogP contribution is -2.20. The number of nitrogens with one attached hydrogen (secondary N) is 2. The highest BCUT2D eigenvalue weighted by molar-refractivity contribution is 5.56. The van der Waals surface area contributed by atoms with Crippen LogP contribution in [0.3, 0.4) is 0 Å². The van der Waals surface area contributed by atoms with E-state index in [1.807, 2.05) is 0 Å². The summed E-state index contributed by atoms with van der Waals surface area (Å²) in [6.07, 6.45) is 6.33. The van der Waals surface area contributed by atoms with Crippen molar-refractivity contribution >= 4 is 5.69 Å².